The number of rotatable bonds is 6. The molecule has 6 nitrogen and oxygen atoms in total. The first-order valence-electron chi connectivity index (χ1n) is 12.3. The molecule has 7 rings (SSSR count). The van der Waals surface area contributed by atoms with Crippen molar-refractivity contribution in [3.8, 4) is 0 Å². The molecular weight excluding hydrogens is 496 g/mol. The average Bonchev–Trinajstić information content (AvgIpc) is 3.70. The summed E-state index contributed by atoms with van der Waals surface area (Å²) in [5.41, 5.74) is 5.18. The van der Waals surface area contributed by atoms with Crippen LogP contribution in [0, 0.1) is 6.92 Å². The van der Waals surface area contributed by atoms with E-state index in [1.54, 1.807) is 11.3 Å². The Morgan fingerprint density at radius 2 is 2.09 bits per heavy atom. The van der Waals surface area contributed by atoms with Crippen LogP contribution in [0.4, 0.5) is 0 Å². The Bertz CT molecular complexity index is 1230. The number of aryl methyl sites for hydroxylation is 1. The predicted molar refractivity (Wildman–Crippen MR) is 146 cm³/mol. The monoisotopic (exact) mass is 524 g/mol. The Labute approximate surface area is 219 Å². The fraction of sp³-hybridized carbons (Fsp3) is 0.423. The van der Waals surface area contributed by atoms with E-state index in [9.17, 15) is 0 Å². The Balaban J connectivity index is 0.000000246. The van der Waals surface area contributed by atoms with E-state index in [0.29, 0.717) is 12.1 Å². The number of benzene rings is 1. The lowest BCUT2D eigenvalue weighted by Gasteiger charge is -2.27. The summed E-state index contributed by atoms with van der Waals surface area (Å²) < 4.78 is 5.86. The summed E-state index contributed by atoms with van der Waals surface area (Å²) in [7, 11) is 0. The molecule has 0 amide bonds. The van der Waals surface area contributed by atoms with Gasteiger partial charge in [0.25, 0.3) is 0 Å². The Morgan fingerprint density at radius 1 is 1.20 bits per heavy atom. The molecule has 0 spiro atoms. The van der Waals surface area contributed by atoms with Gasteiger partial charge < -0.3 is 4.90 Å². The molecule has 2 saturated carbocycles. The van der Waals surface area contributed by atoms with Gasteiger partial charge in [-0.1, -0.05) is 35.7 Å². The van der Waals surface area contributed by atoms with Crippen LogP contribution in [-0.4, -0.2) is 49.9 Å². The summed E-state index contributed by atoms with van der Waals surface area (Å²) >= 11 is 9.25. The zero-order valence-corrected chi connectivity index (χ0v) is 22.1. The fourth-order valence-electron chi connectivity index (χ4n) is 4.44. The van der Waals surface area contributed by atoms with E-state index in [4.69, 9.17) is 16.6 Å². The molecule has 35 heavy (non-hydrogen) atoms. The van der Waals surface area contributed by atoms with Crippen molar-refractivity contribution >= 4 is 46.3 Å². The number of nitrogens with one attached hydrogen (secondary N) is 1. The third-order valence-corrected chi connectivity index (χ3v) is 8.84. The lowest BCUT2D eigenvalue weighted by molar-refractivity contribution is 0.545. The van der Waals surface area contributed by atoms with E-state index >= 15 is 0 Å². The van der Waals surface area contributed by atoms with E-state index in [1.807, 2.05) is 60.9 Å². The van der Waals surface area contributed by atoms with E-state index in [-0.39, 0.29) is 0 Å². The van der Waals surface area contributed by atoms with Crippen LogP contribution in [0.2, 0.25) is 5.02 Å². The standard InChI is InChI=1S/C19H22N6S2.C7H7Cl/c1-2-14(1)25-10-12(8-22-25)16-9-21-18(19-20-5-6-26-19)24-11-13(7-17(16)24)23-27-15-3-4-15;1-6-3-2-4-7(8)5-6/h5-6,8,10,13-15,23H,1-4,7,9,11H2;2-5H,1H3. The molecule has 1 unspecified atom stereocenters. The Kier molecular flexibility index (Phi) is 6.71. The average molecular weight is 525 g/mol. The van der Waals surface area contributed by atoms with Gasteiger partial charge in [-0.15, -0.1) is 11.3 Å². The highest BCUT2D eigenvalue weighted by Crippen LogP contribution is 2.39. The number of halogens is 1. The van der Waals surface area contributed by atoms with Gasteiger partial charge >= 0.3 is 0 Å². The zero-order chi connectivity index (χ0) is 23.8. The molecule has 182 valence electrons. The minimum absolute atomic E-state index is 0.460. The van der Waals surface area contributed by atoms with Gasteiger partial charge in [-0.3, -0.25) is 14.4 Å². The maximum Gasteiger partial charge on any atom is 0.165 e. The maximum absolute atomic E-state index is 5.64. The van der Waals surface area contributed by atoms with Gasteiger partial charge in [0, 0.05) is 63.9 Å². The van der Waals surface area contributed by atoms with Crippen LogP contribution in [0.1, 0.15) is 54.3 Å². The molecule has 4 heterocycles. The molecule has 1 saturated heterocycles. The first-order valence-corrected chi connectivity index (χ1v) is 14.4. The number of hydrogen-bond acceptors (Lipinski definition) is 7. The maximum atomic E-state index is 5.64. The molecule has 1 atom stereocenters. The highest BCUT2D eigenvalue weighted by Gasteiger charge is 2.37. The largest absolute Gasteiger partial charge is 0.326 e. The molecule has 2 aliphatic heterocycles. The number of thiazole rings is 1. The number of amidine groups is 1. The minimum Gasteiger partial charge on any atom is -0.326 e. The first-order chi connectivity index (χ1) is 17.1. The highest BCUT2D eigenvalue weighted by molar-refractivity contribution is 7.98. The molecule has 1 aromatic carbocycles. The summed E-state index contributed by atoms with van der Waals surface area (Å²) in [6, 6.07) is 8.84. The molecule has 9 heteroatoms. The van der Waals surface area contributed by atoms with Gasteiger partial charge in [0.15, 0.2) is 10.8 Å². The van der Waals surface area contributed by atoms with Gasteiger partial charge in [-0.25, -0.2) is 4.98 Å². The molecule has 0 radical (unpaired) electrons. The van der Waals surface area contributed by atoms with E-state index in [0.717, 1.165) is 40.6 Å². The second-order valence-corrected chi connectivity index (χ2v) is 12.1. The SMILES string of the molecule is Cc1cccc(Cl)c1.c1csc(C2=NCC(c3cnn(C4CC4)c3)=C3CC(NSC4CC4)CN23)n1. The van der Waals surface area contributed by atoms with Gasteiger partial charge in [0.1, 0.15) is 0 Å². The predicted octanol–water partition coefficient (Wildman–Crippen LogP) is 5.97. The molecule has 3 fully saturated rings. The Morgan fingerprint density at radius 3 is 2.77 bits per heavy atom. The number of aromatic nitrogens is 3. The Hall–Kier alpha value is -2.13. The molecule has 3 aromatic rings. The number of fused-ring (bicyclic) bond motifs is 1. The third kappa shape index (κ3) is 5.50. The third-order valence-electron chi connectivity index (χ3n) is 6.56. The molecule has 0 bridgehead atoms. The van der Waals surface area contributed by atoms with Crippen molar-refractivity contribution in [2.75, 3.05) is 13.1 Å². The van der Waals surface area contributed by atoms with Gasteiger partial charge in [-0.05, 0) is 50.3 Å². The quantitative estimate of drug-likeness (QED) is 0.403. The summed E-state index contributed by atoms with van der Waals surface area (Å²) in [4.78, 5) is 11.9. The molecular formula is C26H29ClN6S2. The number of hydrogen-bond donors (Lipinski definition) is 1. The number of aliphatic imine (C=N–C) groups is 1. The van der Waals surface area contributed by atoms with Crippen LogP contribution in [-0.2, 0) is 0 Å². The lowest BCUT2D eigenvalue weighted by Crippen LogP contribution is -2.35. The first kappa shape index (κ1) is 23.3. The molecule has 2 aromatic heterocycles. The topological polar surface area (TPSA) is 58.3 Å². The van der Waals surface area contributed by atoms with Crippen molar-refractivity contribution < 1.29 is 0 Å². The minimum atomic E-state index is 0.460. The summed E-state index contributed by atoms with van der Waals surface area (Å²) in [6.07, 6.45) is 12.4. The van der Waals surface area contributed by atoms with Gasteiger partial charge in [0.2, 0.25) is 0 Å². The van der Waals surface area contributed by atoms with Crippen LogP contribution in [0.5, 0.6) is 0 Å². The van der Waals surface area contributed by atoms with E-state index in [1.165, 1.54) is 48.1 Å². The van der Waals surface area contributed by atoms with Crippen molar-refractivity contribution in [3.05, 3.63) is 75.1 Å². The van der Waals surface area contributed by atoms with Crippen LogP contribution >= 0.6 is 34.9 Å². The second kappa shape index (κ2) is 10.1. The lowest BCUT2D eigenvalue weighted by atomic mass is 10.0. The highest BCUT2D eigenvalue weighted by atomic mass is 35.5. The van der Waals surface area contributed by atoms with Crippen molar-refractivity contribution in [3.63, 3.8) is 0 Å². The van der Waals surface area contributed by atoms with Crippen molar-refractivity contribution in [2.45, 2.75) is 56.4 Å². The number of nitrogens with zero attached hydrogens (tertiary/aromatic N) is 5. The summed E-state index contributed by atoms with van der Waals surface area (Å²) in [5.74, 6) is 1.04. The smallest absolute Gasteiger partial charge is 0.165 e. The summed E-state index contributed by atoms with van der Waals surface area (Å²) in [5, 5.41) is 9.30. The van der Waals surface area contributed by atoms with Gasteiger partial charge in [-0.2, -0.15) is 5.10 Å². The van der Waals surface area contributed by atoms with Crippen LogP contribution in [0.15, 0.2) is 58.9 Å². The van der Waals surface area contributed by atoms with Crippen LogP contribution in [0.25, 0.3) is 5.57 Å². The van der Waals surface area contributed by atoms with Gasteiger partial charge in [0.05, 0.1) is 18.8 Å². The molecule has 4 aliphatic rings. The zero-order valence-electron chi connectivity index (χ0n) is 19.7. The van der Waals surface area contributed by atoms with Crippen molar-refractivity contribution in [1.29, 1.82) is 0 Å². The van der Waals surface area contributed by atoms with Crippen LogP contribution < -0.4 is 4.72 Å². The van der Waals surface area contributed by atoms with Crippen LogP contribution in [0.3, 0.4) is 0 Å². The fourth-order valence-corrected chi connectivity index (χ4v) is 6.25. The summed E-state index contributed by atoms with van der Waals surface area (Å²) in [6.45, 7) is 3.71. The normalized spacial score (nSPS) is 21.5. The van der Waals surface area contributed by atoms with E-state index in [2.05, 4.69) is 30.6 Å². The molecule has 1 N–H and O–H groups in total. The molecule has 2 aliphatic carbocycles. The van der Waals surface area contributed by atoms with Crippen molar-refractivity contribution in [2.24, 2.45) is 4.99 Å². The second-order valence-electron chi connectivity index (χ2n) is 9.59. The van der Waals surface area contributed by atoms with Crippen molar-refractivity contribution in [1.82, 2.24) is 24.4 Å². The van der Waals surface area contributed by atoms with E-state index < -0.39 is 0 Å².